The molecule has 0 aliphatic carbocycles. The second kappa shape index (κ2) is 6.04. The maximum atomic E-state index is 11.8. The molecule has 6 heteroatoms. The summed E-state index contributed by atoms with van der Waals surface area (Å²) < 4.78 is 10.9. The number of nitrogens with zero attached hydrogens (tertiary/aromatic N) is 2. The molecule has 3 rings (SSSR count). The largest absolute Gasteiger partial charge is 0.490 e. The van der Waals surface area contributed by atoms with Gasteiger partial charge in [-0.15, -0.1) is 0 Å². The van der Waals surface area contributed by atoms with Crippen LogP contribution in [0.5, 0.6) is 11.8 Å². The molecule has 0 fully saturated rings. The third kappa shape index (κ3) is 3.17. The van der Waals surface area contributed by atoms with Crippen molar-refractivity contribution in [3.05, 3.63) is 59.0 Å². The van der Waals surface area contributed by atoms with Gasteiger partial charge in [-0.05, 0) is 24.3 Å². The van der Waals surface area contributed by atoms with Gasteiger partial charge in [0, 0.05) is 6.20 Å². The number of aromatic nitrogens is 3. The van der Waals surface area contributed by atoms with Crippen molar-refractivity contribution >= 4 is 11.0 Å². The Labute approximate surface area is 120 Å². The molecule has 6 nitrogen and oxygen atoms in total. The monoisotopic (exact) mass is 283 g/mol. The van der Waals surface area contributed by atoms with E-state index < -0.39 is 0 Å². The van der Waals surface area contributed by atoms with E-state index >= 15 is 0 Å². The SMILES string of the molecule is O=c1[nH]c(OCCOc2ccccc2)nc2ncccc12. The van der Waals surface area contributed by atoms with E-state index in [-0.39, 0.29) is 18.2 Å². The van der Waals surface area contributed by atoms with Gasteiger partial charge >= 0.3 is 0 Å². The van der Waals surface area contributed by atoms with E-state index in [0.29, 0.717) is 17.6 Å². The fourth-order valence-electron chi connectivity index (χ4n) is 1.83. The quantitative estimate of drug-likeness (QED) is 0.722. The molecule has 0 saturated heterocycles. The van der Waals surface area contributed by atoms with Crippen LogP contribution >= 0.6 is 0 Å². The zero-order chi connectivity index (χ0) is 14.5. The lowest BCUT2D eigenvalue weighted by Crippen LogP contribution is -2.15. The average Bonchev–Trinajstić information content (AvgIpc) is 2.53. The first-order chi connectivity index (χ1) is 10.3. The summed E-state index contributed by atoms with van der Waals surface area (Å²) in [4.78, 5) is 22.5. The van der Waals surface area contributed by atoms with Crippen LogP contribution in [0.3, 0.4) is 0 Å². The van der Waals surface area contributed by atoms with Crippen LogP contribution in [-0.2, 0) is 0 Å². The molecule has 1 aromatic carbocycles. The predicted octanol–water partition coefficient (Wildman–Crippen LogP) is 1.78. The number of hydrogen-bond acceptors (Lipinski definition) is 5. The van der Waals surface area contributed by atoms with Crippen molar-refractivity contribution in [1.82, 2.24) is 15.0 Å². The number of para-hydroxylation sites is 1. The molecular weight excluding hydrogens is 270 g/mol. The molecule has 0 aliphatic heterocycles. The molecule has 2 aromatic heterocycles. The number of H-pyrrole nitrogens is 1. The molecule has 3 aromatic rings. The number of rotatable bonds is 5. The topological polar surface area (TPSA) is 77.1 Å². The summed E-state index contributed by atoms with van der Waals surface area (Å²) in [5.41, 5.74) is 0.0901. The predicted molar refractivity (Wildman–Crippen MR) is 77.6 cm³/mol. The van der Waals surface area contributed by atoms with Gasteiger partial charge in [0.2, 0.25) is 0 Å². The summed E-state index contributed by atoms with van der Waals surface area (Å²) in [6.07, 6.45) is 1.58. The van der Waals surface area contributed by atoms with Gasteiger partial charge in [0.1, 0.15) is 19.0 Å². The van der Waals surface area contributed by atoms with Crippen molar-refractivity contribution in [2.75, 3.05) is 13.2 Å². The smallest absolute Gasteiger partial charge is 0.298 e. The number of aromatic amines is 1. The Morgan fingerprint density at radius 3 is 2.67 bits per heavy atom. The van der Waals surface area contributed by atoms with Crippen LogP contribution in [0.1, 0.15) is 0 Å². The maximum Gasteiger partial charge on any atom is 0.298 e. The number of nitrogens with one attached hydrogen (secondary N) is 1. The van der Waals surface area contributed by atoms with Gasteiger partial charge in [-0.2, -0.15) is 4.98 Å². The molecule has 2 heterocycles. The molecular formula is C15H13N3O3. The van der Waals surface area contributed by atoms with E-state index in [9.17, 15) is 4.79 Å². The first-order valence-electron chi connectivity index (χ1n) is 6.48. The summed E-state index contributed by atoms with van der Waals surface area (Å²) in [5.74, 6) is 0.766. The molecule has 106 valence electrons. The summed E-state index contributed by atoms with van der Waals surface area (Å²) in [5, 5.41) is 0.436. The summed E-state index contributed by atoms with van der Waals surface area (Å²) in [7, 11) is 0. The Morgan fingerprint density at radius 2 is 1.81 bits per heavy atom. The minimum atomic E-state index is -0.271. The lowest BCUT2D eigenvalue weighted by atomic mass is 10.3. The van der Waals surface area contributed by atoms with Gasteiger partial charge in [0.15, 0.2) is 5.65 Å². The number of benzene rings is 1. The van der Waals surface area contributed by atoms with Crippen molar-refractivity contribution in [3.63, 3.8) is 0 Å². The van der Waals surface area contributed by atoms with Gasteiger partial charge < -0.3 is 9.47 Å². The standard InChI is InChI=1S/C15H13N3O3/c19-14-12-7-4-8-16-13(12)17-15(18-14)21-10-9-20-11-5-2-1-3-6-11/h1-8H,9-10H2,(H,16,17,18,19). The highest BCUT2D eigenvalue weighted by Crippen LogP contribution is 2.09. The van der Waals surface area contributed by atoms with Crippen LogP contribution in [0.2, 0.25) is 0 Å². The second-order valence-electron chi connectivity index (χ2n) is 4.26. The zero-order valence-electron chi connectivity index (χ0n) is 11.2. The van der Waals surface area contributed by atoms with Crippen LogP contribution in [-0.4, -0.2) is 28.2 Å². The lowest BCUT2D eigenvalue weighted by molar-refractivity contribution is 0.206. The highest BCUT2D eigenvalue weighted by molar-refractivity contribution is 5.72. The van der Waals surface area contributed by atoms with Gasteiger partial charge in [0.25, 0.3) is 11.6 Å². The van der Waals surface area contributed by atoms with Crippen LogP contribution in [0, 0.1) is 0 Å². The number of hydrogen-bond donors (Lipinski definition) is 1. The van der Waals surface area contributed by atoms with E-state index in [1.54, 1.807) is 18.3 Å². The third-order valence-corrected chi connectivity index (χ3v) is 2.79. The van der Waals surface area contributed by atoms with Gasteiger partial charge in [-0.1, -0.05) is 18.2 Å². The molecule has 0 unspecified atom stereocenters. The Balaban J connectivity index is 1.62. The molecule has 0 saturated carbocycles. The van der Waals surface area contributed by atoms with E-state index in [2.05, 4.69) is 15.0 Å². The number of fused-ring (bicyclic) bond motifs is 1. The average molecular weight is 283 g/mol. The fourth-order valence-corrected chi connectivity index (χ4v) is 1.83. The summed E-state index contributed by atoms with van der Waals surface area (Å²) in [6, 6.07) is 12.9. The summed E-state index contributed by atoms with van der Waals surface area (Å²) >= 11 is 0. The second-order valence-corrected chi connectivity index (χ2v) is 4.26. The van der Waals surface area contributed by atoms with E-state index in [1.807, 2.05) is 30.3 Å². The summed E-state index contributed by atoms with van der Waals surface area (Å²) in [6.45, 7) is 0.629. The van der Waals surface area contributed by atoms with Crippen LogP contribution in [0.15, 0.2) is 53.5 Å². The molecule has 21 heavy (non-hydrogen) atoms. The minimum absolute atomic E-state index is 0.142. The van der Waals surface area contributed by atoms with Crippen molar-refractivity contribution in [1.29, 1.82) is 0 Å². The van der Waals surface area contributed by atoms with E-state index in [1.165, 1.54) is 0 Å². The first kappa shape index (κ1) is 13.1. The molecule has 0 atom stereocenters. The molecule has 1 N–H and O–H groups in total. The first-order valence-corrected chi connectivity index (χ1v) is 6.48. The Hall–Kier alpha value is -2.89. The number of ether oxygens (including phenoxy) is 2. The van der Waals surface area contributed by atoms with Crippen LogP contribution < -0.4 is 15.0 Å². The van der Waals surface area contributed by atoms with Crippen LogP contribution in [0.25, 0.3) is 11.0 Å². The van der Waals surface area contributed by atoms with Crippen molar-refractivity contribution < 1.29 is 9.47 Å². The van der Waals surface area contributed by atoms with Crippen molar-refractivity contribution in [3.8, 4) is 11.8 Å². The van der Waals surface area contributed by atoms with E-state index in [0.717, 1.165) is 5.75 Å². The van der Waals surface area contributed by atoms with Gasteiger partial charge in [-0.25, -0.2) is 4.98 Å². The van der Waals surface area contributed by atoms with Crippen molar-refractivity contribution in [2.24, 2.45) is 0 Å². The fraction of sp³-hybridized carbons (Fsp3) is 0.133. The highest BCUT2D eigenvalue weighted by atomic mass is 16.5. The third-order valence-electron chi connectivity index (χ3n) is 2.79. The molecule has 0 bridgehead atoms. The maximum absolute atomic E-state index is 11.8. The minimum Gasteiger partial charge on any atom is -0.490 e. The highest BCUT2D eigenvalue weighted by Gasteiger charge is 2.04. The van der Waals surface area contributed by atoms with Crippen LogP contribution in [0.4, 0.5) is 0 Å². The van der Waals surface area contributed by atoms with E-state index in [4.69, 9.17) is 9.47 Å². The molecule has 0 amide bonds. The zero-order valence-corrected chi connectivity index (χ0v) is 11.2. The molecule has 0 radical (unpaired) electrons. The Kier molecular flexibility index (Phi) is 3.77. The normalized spacial score (nSPS) is 10.5. The number of pyridine rings is 1. The van der Waals surface area contributed by atoms with Gasteiger partial charge in [-0.3, -0.25) is 9.78 Å². The molecule has 0 aliphatic rings. The lowest BCUT2D eigenvalue weighted by Gasteiger charge is -2.07. The Morgan fingerprint density at radius 1 is 1.00 bits per heavy atom. The molecule has 0 spiro atoms. The van der Waals surface area contributed by atoms with Gasteiger partial charge in [0.05, 0.1) is 5.39 Å². The van der Waals surface area contributed by atoms with Crippen molar-refractivity contribution in [2.45, 2.75) is 0 Å². The Bertz CT molecular complexity index is 787.